The first-order valence-electron chi connectivity index (χ1n) is 5.14. The number of halogens is 1. The summed E-state index contributed by atoms with van der Waals surface area (Å²) in [4.78, 5) is 0. The largest absolute Gasteiger partial charge is 0.496 e. The lowest BCUT2D eigenvalue weighted by Crippen LogP contribution is -2.06. The van der Waals surface area contributed by atoms with E-state index in [-0.39, 0.29) is 0 Å². The Bertz CT molecular complexity index is 339. The van der Waals surface area contributed by atoms with Gasteiger partial charge in [0.05, 0.1) is 7.11 Å². The molecule has 0 aliphatic heterocycles. The van der Waals surface area contributed by atoms with E-state index in [4.69, 9.17) is 22.1 Å². The van der Waals surface area contributed by atoms with Crippen LogP contribution in [0.3, 0.4) is 0 Å². The summed E-state index contributed by atoms with van der Waals surface area (Å²) in [7, 11) is 1.69. The first kappa shape index (κ1) is 12.3. The van der Waals surface area contributed by atoms with Crippen molar-refractivity contribution in [3.8, 4) is 5.75 Å². The molecule has 0 fully saturated rings. The van der Waals surface area contributed by atoms with Gasteiger partial charge in [-0.2, -0.15) is 0 Å². The van der Waals surface area contributed by atoms with E-state index in [0.29, 0.717) is 12.5 Å². The molecule has 0 aromatic heterocycles. The normalized spacial score (nSPS) is 12.6. The number of rotatable bonds is 4. The van der Waals surface area contributed by atoms with Crippen molar-refractivity contribution >= 4 is 11.6 Å². The average molecular weight is 228 g/mol. The molecule has 0 saturated carbocycles. The van der Waals surface area contributed by atoms with E-state index in [1.165, 1.54) is 0 Å². The predicted octanol–water partition coefficient (Wildman–Crippen LogP) is 3.11. The summed E-state index contributed by atoms with van der Waals surface area (Å²) in [6, 6.07) is 3.88. The molecule has 15 heavy (non-hydrogen) atoms. The van der Waals surface area contributed by atoms with Gasteiger partial charge in [-0.1, -0.05) is 18.5 Å². The fourth-order valence-corrected chi connectivity index (χ4v) is 2.09. The molecule has 1 rings (SSSR count). The Kier molecular flexibility index (Phi) is 4.43. The number of aryl methyl sites for hydroxylation is 1. The van der Waals surface area contributed by atoms with E-state index >= 15 is 0 Å². The summed E-state index contributed by atoms with van der Waals surface area (Å²) in [5.74, 6) is 1.31. The third kappa shape index (κ3) is 2.86. The van der Waals surface area contributed by atoms with Gasteiger partial charge in [-0.05, 0) is 49.1 Å². The van der Waals surface area contributed by atoms with Gasteiger partial charge in [0.2, 0.25) is 0 Å². The second-order valence-corrected chi connectivity index (χ2v) is 4.26. The summed E-state index contributed by atoms with van der Waals surface area (Å²) in [6.45, 7) is 4.82. The second-order valence-electron chi connectivity index (χ2n) is 3.82. The van der Waals surface area contributed by atoms with Crippen molar-refractivity contribution in [3.05, 3.63) is 28.3 Å². The van der Waals surface area contributed by atoms with Gasteiger partial charge in [0.1, 0.15) is 5.75 Å². The maximum atomic E-state index is 6.04. The molecule has 0 amide bonds. The maximum Gasteiger partial charge on any atom is 0.125 e. The number of ether oxygens (including phenoxy) is 1. The number of hydrogen-bond acceptors (Lipinski definition) is 2. The highest BCUT2D eigenvalue weighted by molar-refractivity contribution is 6.30. The quantitative estimate of drug-likeness (QED) is 0.858. The summed E-state index contributed by atoms with van der Waals surface area (Å²) in [6.07, 6.45) is 0.941. The summed E-state index contributed by atoms with van der Waals surface area (Å²) >= 11 is 6.04. The number of nitrogens with two attached hydrogens (primary N) is 1. The lowest BCUT2D eigenvalue weighted by Gasteiger charge is -2.17. The van der Waals surface area contributed by atoms with Gasteiger partial charge in [0, 0.05) is 5.02 Å². The Balaban J connectivity index is 3.13. The van der Waals surface area contributed by atoms with E-state index < -0.39 is 0 Å². The van der Waals surface area contributed by atoms with Gasteiger partial charge in [-0.3, -0.25) is 0 Å². The van der Waals surface area contributed by atoms with Gasteiger partial charge < -0.3 is 10.5 Å². The number of hydrogen-bond donors (Lipinski definition) is 1. The Labute approximate surface area is 96.4 Å². The van der Waals surface area contributed by atoms with Crippen molar-refractivity contribution in [2.45, 2.75) is 26.2 Å². The molecule has 1 aromatic rings. The molecular weight excluding hydrogens is 210 g/mol. The van der Waals surface area contributed by atoms with Crippen LogP contribution in [-0.4, -0.2) is 13.7 Å². The minimum atomic E-state index is 0.377. The second kappa shape index (κ2) is 5.38. The van der Waals surface area contributed by atoms with Crippen molar-refractivity contribution in [2.75, 3.05) is 13.7 Å². The summed E-state index contributed by atoms with van der Waals surface area (Å²) in [5.41, 5.74) is 7.78. The van der Waals surface area contributed by atoms with E-state index in [2.05, 4.69) is 6.92 Å². The number of methoxy groups -OCH3 is 1. The van der Waals surface area contributed by atoms with Crippen molar-refractivity contribution in [3.63, 3.8) is 0 Å². The van der Waals surface area contributed by atoms with Gasteiger partial charge in [-0.15, -0.1) is 0 Å². The fraction of sp³-hybridized carbons (Fsp3) is 0.500. The first-order chi connectivity index (χ1) is 7.10. The standard InChI is InChI=1S/C12H18ClNO/c1-8(4-5-14)11-7-10(13)6-9(2)12(11)15-3/h6-8H,4-5,14H2,1-3H3. The highest BCUT2D eigenvalue weighted by Crippen LogP contribution is 2.34. The van der Waals surface area contributed by atoms with Gasteiger partial charge in [-0.25, -0.2) is 0 Å². The Morgan fingerprint density at radius 2 is 2.13 bits per heavy atom. The molecule has 0 spiro atoms. The minimum absolute atomic E-state index is 0.377. The highest BCUT2D eigenvalue weighted by atomic mass is 35.5. The smallest absolute Gasteiger partial charge is 0.125 e. The van der Waals surface area contributed by atoms with Crippen molar-refractivity contribution in [2.24, 2.45) is 5.73 Å². The molecule has 1 atom stereocenters. The molecule has 1 aromatic carbocycles. The van der Waals surface area contributed by atoms with Crippen LogP contribution in [0, 0.1) is 6.92 Å². The molecule has 2 N–H and O–H groups in total. The lowest BCUT2D eigenvalue weighted by molar-refractivity contribution is 0.402. The van der Waals surface area contributed by atoms with Crippen molar-refractivity contribution in [1.82, 2.24) is 0 Å². The Hall–Kier alpha value is -0.730. The van der Waals surface area contributed by atoms with Crippen LogP contribution in [-0.2, 0) is 0 Å². The third-order valence-corrected chi connectivity index (χ3v) is 2.82. The first-order valence-corrected chi connectivity index (χ1v) is 5.52. The predicted molar refractivity (Wildman–Crippen MR) is 64.8 cm³/mol. The fourth-order valence-electron chi connectivity index (χ4n) is 1.81. The van der Waals surface area contributed by atoms with Gasteiger partial charge in [0.25, 0.3) is 0 Å². The van der Waals surface area contributed by atoms with Crippen LogP contribution >= 0.6 is 11.6 Å². The van der Waals surface area contributed by atoms with Gasteiger partial charge >= 0.3 is 0 Å². The minimum Gasteiger partial charge on any atom is -0.496 e. The molecule has 0 aliphatic carbocycles. The Morgan fingerprint density at radius 1 is 1.47 bits per heavy atom. The molecular formula is C12H18ClNO. The zero-order chi connectivity index (χ0) is 11.4. The number of benzene rings is 1. The highest BCUT2D eigenvalue weighted by Gasteiger charge is 2.13. The molecule has 0 radical (unpaired) electrons. The monoisotopic (exact) mass is 227 g/mol. The molecule has 0 bridgehead atoms. The topological polar surface area (TPSA) is 35.2 Å². The molecule has 0 aliphatic rings. The van der Waals surface area contributed by atoms with Gasteiger partial charge in [0.15, 0.2) is 0 Å². The zero-order valence-electron chi connectivity index (χ0n) is 9.51. The lowest BCUT2D eigenvalue weighted by atomic mass is 9.95. The van der Waals surface area contributed by atoms with E-state index in [0.717, 1.165) is 28.3 Å². The molecule has 0 saturated heterocycles. The van der Waals surface area contributed by atoms with Crippen LogP contribution in [0.15, 0.2) is 12.1 Å². The van der Waals surface area contributed by atoms with Crippen LogP contribution in [0.2, 0.25) is 5.02 Å². The molecule has 3 heteroatoms. The van der Waals surface area contributed by atoms with Crippen molar-refractivity contribution in [1.29, 1.82) is 0 Å². The Morgan fingerprint density at radius 3 is 2.67 bits per heavy atom. The van der Waals surface area contributed by atoms with E-state index in [1.54, 1.807) is 7.11 Å². The maximum absolute atomic E-state index is 6.04. The van der Waals surface area contributed by atoms with Crippen LogP contribution in [0.25, 0.3) is 0 Å². The molecule has 84 valence electrons. The van der Waals surface area contributed by atoms with E-state index in [1.807, 2.05) is 19.1 Å². The van der Waals surface area contributed by atoms with Crippen LogP contribution in [0.5, 0.6) is 5.75 Å². The molecule has 2 nitrogen and oxygen atoms in total. The van der Waals surface area contributed by atoms with Crippen LogP contribution in [0.1, 0.15) is 30.4 Å². The van der Waals surface area contributed by atoms with E-state index in [9.17, 15) is 0 Å². The van der Waals surface area contributed by atoms with Crippen LogP contribution in [0.4, 0.5) is 0 Å². The zero-order valence-corrected chi connectivity index (χ0v) is 10.3. The van der Waals surface area contributed by atoms with Crippen LogP contribution < -0.4 is 10.5 Å². The molecule has 0 heterocycles. The SMILES string of the molecule is COc1c(C)cc(Cl)cc1C(C)CCN. The molecule has 1 unspecified atom stereocenters. The summed E-state index contributed by atoms with van der Waals surface area (Å²) in [5, 5.41) is 0.757. The van der Waals surface area contributed by atoms with Crippen molar-refractivity contribution < 1.29 is 4.74 Å². The average Bonchev–Trinajstić information content (AvgIpc) is 2.17. The summed E-state index contributed by atoms with van der Waals surface area (Å²) < 4.78 is 5.40. The third-order valence-electron chi connectivity index (χ3n) is 2.60.